The topological polar surface area (TPSA) is 63.8 Å². The normalized spacial score (nSPS) is 13.9. The lowest BCUT2D eigenvalue weighted by Crippen LogP contribution is -2.17. The van der Waals surface area contributed by atoms with Crippen LogP contribution in [0.25, 0.3) is 11.4 Å². The summed E-state index contributed by atoms with van der Waals surface area (Å²) in [5, 5.41) is 0. The van der Waals surface area contributed by atoms with Gasteiger partial charge in [-0.3, -0.25) is 0 Å². The molecule has 0 saturated carbocycles. The second-order valence-corrected chi connectivity index (χ2v) is 6.39. The van der Waals surface area contributed by atoms with Crippen molar-refractivity contribution in [3.05, 3.63) is 39.0 Å². The molecule has 1 aromatic heterocycles. The van der Waals surface area contributed by atoms with E-state index in [0.717, 1.165) is 40.2 Å². The summed E-state index contributed by atoms with van der Waals surface area (Å²) < 4.78 is 1.14. The van der Waals surface area contributed by atoms with Gasteiger partial charge in [0.1, 0.15) is 5.82 Å². The van der Waals surface area contributed by atoms with Gasteiger partial charge in [-0.2, -0.15) is 0 Å². The first kappa shape index (κ1) is 14.5. The molecule has 110 valence electrons. The van der Waals surface area contributed by atoms with Gasteiger partial charge in [-0.05, 0) is 62.8 Å². The molecule has 2 aromatic rings. The smallest absolute Gasteiger partial charge is 0.161 e. The minimum Gasteiger partial charge on any atom is -0.308 e. The fourth-order valence-electron chi connectivity index (χ4n) is 2.92. The van der Waals surface area contributed by atoms with Crippen molar-refractivity contribution in [2.24, 2.45) is 5.84 Å². The summed E-state index contributed by atoms with van der Waals surface area (Å²) in [5.74, 6) is 7.18. The third-order valence-electron chi connectivity index (χ3n) is 4.01. The van der Waals surface area contributed by atoms with Crippen LogP contribution in [-0.2, 0) is 12.8 Å². The zero-order valence-corrected chi connectivity index (χ0v) is 13.9. The maximum Gasteiger partial charge on any atom is 0.161 e. The molecule has 3 N–H and O–H groups in total. The summed E-state index contributed by atoms with van der Waals surface area (Å²) in [6.07, 6.45) is 4.38. The van der Waals surface area contributed by atoms with Gasteiger partial charge in [0.2, 0.25) is 0 Å². The van der Waals surface area contributed by atoms with Gasteiger partial charge in [-0.15, -0.1) is 0 Å². The van der Waals surface area contributed by atoms with Crippen LogP contribution in [0.15, 0.2) is 16.6 Å². The summed E-state index contributed by atoms with van der Waals surface area (Å²) in [5.41, 5.74) is 8.48. The minimum atomic E-state index is 0.752. The number of fused-ring (bicyclic) bond motifs is 1. The lowest BCUT2D eigenvalue weighted by Gasteiger charge is -2.19. The number of aryl methyl sites for hydroxylation is 3. The van der Waals surface area contributed by atoms with E-state index >= 15 is 0 Å². The van der Waals surface area contributed by atoms with E-state index in [1.807, 2.05) is 0 Å². The van der Waals surface area contributed by atoms with Crippen LogP contribution in [0.3, 0.4) is 0 Å². The van der Waals surface area contributed by atoms with Gasteiger partial charge < -0.3 is 5.43 Å². The Morgan fingerprint density at radius 2 is 1.76 bits per heavy atom. The van der Waals surface area contributed by atoms with Crippen LogP contribution in [0.4, 0.5) is 5.82 Å². The van der Waals surface area contributed by atoms with Gasteiger partial charge >= 0.3 is 0 Å². The molecule has 0 unspecified atom stereocenters. The highest BCUT2D eigenvalue weighted by molar-refractivity contribution is 9.10. The molecule has 0 amide bonds. The zero-order chi connectivity index (χ0) is 15.0. The molecule has 0 saturated heterocycles. The van der Waals surface area contributed by atoms with Crippen LogP contribution in [0, 0.1) is 13.8 Å². The molecule has 0 aliphatic heterocycles. The van der Waals surface area contributed by atoms with Crippen LogP contribution in [0.1, 0.15) is 35.2 Å². The van der Waals surface area contributed by atoms with Crippen molar-refractivity contribution in [2.45, 2.75) is 39.5 Å². The predicted molar refractivity (Wildman–Crippen MR) is 89.1 cm³/mol. The van der Waals surface area contributed by atoms with Gasteiger partial charge in [0.15, 0.2) is 5.82 Å². The van der Waals surface area contributed by atoms with Gasteiger partial charge in [-0.1, -0.05) is 15.9 Å². The Bertz CT molecular complexity index is 657. The van der Waals surface area contributed by atoms with E-state index in [9.17, 15) is 0 Å². The first-order chi connectivity index (χ1) is 10.1. The molecule has 0 fully saturated rings. The number of anilines is 1. The number of nitrogen functional groups attached to an aromatic ring is 1. The lowest BCUT2D eigenvalue weighted by molar-refractivity contribution is 0.665. The summed E-state index contributed by atoms with van der Waals surface area (Å²) in [6, 6.07) is 4.23. The molecular formula is C16H19BrN4. The van der Waals surface area contributed by atoms with Crippen LogP contribution in [0.2, 0.25) is 0 Å². The zero-order valence-electron chi connectivity index (χ0n) is 12.3. The van der Waals surface area contributed by atoms with Crippen molar-refractivity contribution in [2.75, 3.05) is 5.43 Å². The average molecular weight is 347 g/mol. The van der Waals surface area contributed by atoms with Crippen molar-refractivity contribution in [3.8, 4) is 11.4 Å². The Hall–Kier alpha value is -1.46. The molecule has 21 heavy (non-hydrogen) atoms. The standard InChI is InChI=1S/C16H19BrN4/c1-9-7-11(8-10(2)14(9)17)15-19-13-6-4-3-5-12(13)16(20-15)21-18/h7-8H,3-6,18H2,1-2H3,(H,19,20,21). The molecule has 5 heteroatoms. The second-order valence-electron chi connectivity index (χ2n) is 5.60. The molecule has 1 aromatic carbocycles. The van der Waals surface area contributed by atoms with Crippen molar-refractivity contribution in [1.29, 1.82) is 0 Å². The highest BCUT2D eigenvalue weighted by Crippen LogP contribution is 2.30. The molecule has 3 rings (SSSR count). The fourth-order valence-corrected chi connectivity index (χ4v) is 3.15. The van der Waals surface area contributed by atoms with E-state index < -0.39 is 0 Å². The van der Waals surface area contributed by atoms with Crippen LogP contribution in [-0.4, -0.2) is 9.97 Å². The van der Waals surface area contributed by atoms with Gasteiger partial charge in [0, 0.05) is 21.3 Å². The lowest BCUT2D eigenvalue weighted by atomic mass is 9.96. The molecule has 1 aliphatic carbocycles. The van der Waals surface area contributed by atoms with Crippen molar-refractivity contribution >= 4 is 21.7 Å². The number of hydrazine groups is 1. The Morgan fingerprint density at radius 3 is 2.43 bits per heavy atom. The van der Waals surface area contributed by atoms with E-state index in [1.165, 1.54) is 29.5 Å². The maximum atomic E-state index is 5.66. The van der Waals surface area contributed by atoms with Gasteiger partial charge in [0.25, 0.3) is 0 Å². The van der Waals surface area contributed by atoms with Gasteiger partial charge in [-0.25, -0.2) is 15.8 Å². The summed E-state index contributed by atoms with van der Waals surface area (Å²) in [6.45, 7) is 4.17. The molecule has 4 nitrogen and oxygen atoms in total. The highest BCUT2D eigenvalue weighted by Gasteiger charge is 2.18. The van der Waals surface area contributed by atoms with E-state index in [4.69, 9.17) is 10.8 Å². The number of hydrogen-bond acceptors (Lipinski definition) is 4. The molecule has 0 radical (unpaired) electrons. The molecule has 1 heterocycles. The quantitative estimate of drug-likeness (QED) is 0.642. The molecular weight excluding hydrogens is 328 g/mol. The summed E-state index contributed by atoms with van der Waals surface area (Å²) in [7, 11) is 0. The van der Waals surface area contributed by atoms with Crippen molar-refractivity contribution in [1.82, 2.24) is 9.97 Å². The van der Waals surface area contributed by atoms with E-state index in [2.05, 4.69) is 52.3 Å². The number of halogens is 1. The van der Waals surface area contributed by atoms with Crippen molar-refractivity contribution < 1.29 is 0 Å². The Kier molecular flexibility index (Phi) is 3.95. The SMILES string of the molecule is Cc1cc(-c2nc3c(c(NN)n2)CCCC3)cc(C)c1Br. The molecule has 0 spiro atoms. The summed E-state index contributed by atoms with van der Waals surface area (Å²) >= 11 is 3.60. The molecule has 1 aliphatic rings. The van der Waals surface area contributed by atoms with Gasteiger partial charge in [0.05, 0.1) is 0 Å². The number of hydrogen-bond donors (Lipinski definition) is 2. The number of aromatic nitrogens is 2. The number of benzene rings is 1. The fraction of sp³-hybridized carbons (Fsp3) is 0.375. The van der Waals surface area contributed by atoms with E-state index in [-0.39, 0.29) is 0 Å². The third-order valence-corrected chi connectivity index (χ3v) is 5.27. The summed E-state index contributed by atoms with van der Waals surface area (Å²) in [4.78, 5) is 9.41. The number of nitrogens with zero attached hydrogens (tertiary/aromatic N) is 2. The first-order valence-electron chi connectivity index (χ1n) is 7.23. The average Bonchev–Trinajstić information content (AvgIpc) is 2.51. The van der Waals surface area contributed by atoms with Crippen LogP contribution in [0.5, 0.6) is 0 Å². The van der Waals surface area contributed by atoms with Crippen molar-refractivity contribution in [3.63, 3.8) is 0 Å². The molecule has 0 atom stereocenters. The highest BCUT2D eigenvalue weighted by atomic mass is 79.9. The maximum absolute atomic E-state index is 5.66. The monoisotopic (exact) mass is 346 g/mol. The number of rotatable bonds is 2. The Balaban J connectivity index is 2.15. The number of nitrogens with two attached hydrogens (primary N) is 1. The third kappa shape index (κ3) is 2.68. The van der Waals surface area contributed by atoms with Crippen LogP contribution >= 0.6 is 15.9 Å². The minimum absolute atomic E-state index is 0.752. The largest absolute Gasteiger partial charge is 0.308 e. The second kappa shape index (κ2) is 5.73. The Morgan fingerprint density at radius 1 is 1.10 bits per heavy atom. The van der Waals surface area contributed by atoms with Crippen LogP contribution < -0.4 is 11.3 Å². The Labute approximate surface area is 133 Å². The van der Waals surface area contributed by atoms with E-state index in [1.54, 1.807) is 0 Å². The predicted octanol–water partition coefficient (Wildman–Crippen LogP) is 3.69. The number of nitrogens with one attached hydrogen (secondary N) is 1. The first-order valence-corrected chi connectivity index (χ1v) is 8.03. The molecule has 0 bridgehead atoms. The van der Waals surface area contributed by atoms with E-state index in [0.29, 0.717) is 0 Å².